The van der Waals surface area contributed by atoms with Crippen molar-refractivity contribution in [2.75, 3.05) is 32.8 Å². The number of carbonyl (C=O) groups is 1. The highest BCUT2D eigenvalue weighted by Crippen LogP contribution is 2.25. The van der Waals surface area contributed by atoms with E-state index in [-0.39, 0.29) is 11.4 Å². The lowest BCUT2D eigenvalue weighted by atomic mass is 10.00. The molecule has 1 aliphatic rings. The molecule has 0 radical (unpaired) electrons. The molecule has 1 N–H and O–H groups in total. The number of hydrogen-bond donors (Lipinski definition) is 1. The minimum Gasteiger partial charge on any atom is -0.378 e. The summed E-state index contributed by atoms with van der Waals surface area (Å²) < 4.78 is 5.25. The molecule has 0 saturated carbocycles. The van der Waals surface area contributed by atoms with Crippen molar-refractivity contribution in [1.29, 1.82) is 0 Å². The van der Waals surface area contributed by atoms with Gasteiger partial charge in [-0.05, 0) is 13.3 Å². The molecule has 1 atom stereocenters. The second-order valence-electron chi connectivity index (χ2n) is 4.87. The topological polar surface area (TPSA) is 54.5 Å². The summed E-state index contributed by atoms with van der Waals surface area (Å²) in [5.74, 6) is 0.138. The minimum absolute atomic E-state index is 0.138. The number of thiazole rings is 1. The van der Waals surface area contributed by atoms with Crippen LogP contribution in [0, 0.1) is 0 Å². The highest BCUT2D eigenvalue weighted by atomic mass is 32.1. The van der Waals surface area contributed by atoms with Gasteiger partial charge in [-0.3, -0.25) is 10.1 Å². The van der Waals surface area contributed by atoms with Crippen LogP contribution in [0.4, 0.5) is 0 Å². The molecule has 1 aromatic rings. The molecule has 5 nitrogen and oxygen atoms in total. The van der Waals surface area contributed by atoms with Gasteiger partial charge in [-0.25, -0.2) is 4.98 Å². The van der Waals surface area contributed by atoms with Crippen LogP contribution in [0.3, 0.4) is 0 Å². The summed E-state index contributed by atoms with van der Waals surface area (Å²) in [6.45, 7) is 7.23. The van der Waals surface area contributed by atoms with Crippen LogP contribution in [0.15, 0.2) is 11.6 Å². The number of ether oxygens (including phenoxy) is 1. The van der Waals surface area contributed by atoms with Gasteiger partial charge in [0.1, 0.15) is 5.01 Å². The first kappa shape index (κ1) is 14.4. The first-order valence-corrected chi connectivity index (χ1v) is 7.54. The van der Waals surface area contributed by atoms with Gasteiger partial charge in [-0.15, -0.1) is 11.3 Å². The highest BCUT2D eigenvalue weighted by molar-refractivity contribution is 7.09. The lowest BCUT2D eigenvalue weighted by Gasteiger charge is -2.31. The third kappa shape index (κ3) is 3.52. The van der Waals surface area contributed by atoms with Crippen LogP contribution in [0.25, 0.3) is 0 Å². The molecule has 19 heavy (non-hydrogen) atoms. The number of nitrogens with one attached hydrogen (secondary N) is 1. The van der Waals surface area contributed by atoms with E-state index in [2.05, 4.69) is 24.1 Å². The van der Waals surface area contributed by atoms with Crippen molar-refractivity contribution >= 4 is 17.2 Å². The lowest BCUT2D eigenvalue weighted by Crippen LogP contribution is -2.49. The molecule has 2 heterocycles. The molecule has 0 aliphatic carbocycles. The van der Waals surface area contributed by atoms with Crippen LogP contribution in [-0.2, 0) is 15.1 Å². The minimum atomic E-state index is -0.226. The van der Waals surface area contributed by atoms with Crippen LogP contribution in [0.5, 0.6) is 0 Å². The van der Waals surface area contributed by atoms with Gasteiger partial charge in [0, 0.05) is 24.7 Å². The van der Waals surface area contributed by atoms with Gasteiger partial charge in [-0.1, -0.05) is 6.92 Å². The van der Waals surface area contributed by atoms with E-state index in [1.807, 2.05) is 10.3 Å². The normalized spacial score (nSPS) is 19.2. The fourth-order valence-electron chi connectivity index (χ4n) is 2.04. The average Bonchev–Trinajstić information content (AvgIpc) is 3.00. The monoisotopic (exact) mass is 283 g/mol. The molecule has 106 valence electrons. The van der Waals surface area contributed by atoms with Crippen molar-refractivity contribution in [1.82, 2.24) is 15.2 Å². The van der Waals surface area contributed by atoms with Crippen molar-refractivity contribution < 1.29 is 9.53 Å². The van der Waals surface area contributed by atoms with E-state index in [0.29, 0.717) is 32.8 Å². The summed E-state index contributed by atoms with van der Waals surface area (Å²) in [5.41, 5.74) is -0.226. The third-order valence-electron chi connectivity index (χ3n) is 3.61. The van der Waals surface area contributed by atoms with Crippen LogP contribution in [0.2, 0.25) is 0 Å². The predicted octanol–water partition coefficient (Wildman–Crippen LogP) is 1.22. The standard InChI is InChI=1S/C13H21N3O2S/c1-3-13(2,12-14-4-9-19-12)15-10-11(17)16-5-7-18-8-6-16/h4,9,15H,3,5-8,10H2,1-2H3/t13-/m0/s1. The second kappa shape index (κ2) is 6.45. The zero-order valence-electron chi connectivity index (χ0n) is 11.5. The average molecular weight is 283 g/mol. The molecule has 0 aromatic carbocycles. The Kier molecular flexibility index (Phi) is 4.90. The number of aromatic nitrogens is 1. The molecular formula is C13H21N3O2S. The summed E-state index contributed by atoms with van der Waals surface area (Å²) >= 11 is 1.62. The molecule has 6 heteroatoms. The summed E-state index contributed by atoms with van der Waals surface area (Å²) in [6.07, 6.45) is 2.70. The zero-order chi connectivity index (χ0) is 13.7. The van der Waals surface area contributed by atoms with Crippen LogP contribution >= 0.6 is 11.3 Å². The predicted molar refractivity (Wildman–Crippen MR) is 75.2 cm³/mol. The van der Waals surface area contributed by atoms with Crippen molar-refractivity contribution in [3.63, 3.8) is 0 Å². The second-order valence-corrected chi connectivity index (χ2v) is 5.76. The summed E-state index contributed by atoms with van der Waals surface area (Å²) in [7, 11) is 0. The Morgan fingerprint density at radius 3 is 2.89 bits per heavy atom. The largest absolute Gasteiger partial charge is 0.378 e. The number of carbonyl (C=O) groups excluding carboxylic acids is 1. The maximum absolute atomic E-state index is 12.1. The van der Waals surface area contributed by atoms with Crippen LogP contribution in [-0.4, -0.2) is 48.6 Å². The molecule has 2 rings (SSSR count). The number of hydrogen-bond acceptors (Lipinski definition) is 5. The van der Waals surface area contributed by atoms with Gasteiger partial charge in [0.05, 0.1) is 25.3 Å². The Bertz CT molecular complexity index is 404. The molecular weight excluding hydrogens is 262 g/mol. The van der Waals surface area contributed by atoms with Crippen LogP contribution in [0.1, 0.15) is 25.3 Å². The van der Waals surface area contributed by atoms with E-state index < -0.39 is 0 Å². The molecule has 1 fully saturated rings. The van der Waals surface area contributed by atoms with Gasteiger partial charge < -0.3 is 9.64 Å². The Hall–Kier alpha value is -0.980. The first-order chi connectivity index (χ1) is 9.15. The van der Waals surface area contributed by atoms with Crippen LogP contribution < -0.4 is 5.32 Å². The van der Waals surface area contributed by atoms with E-state index in [9.17, 15) is 4.79 Å². The molecule has 1 saturated heterocycles. The fourth-order valence-corrected chi connectivity index (χ4v) is 2.89. The van der Waals surface area contributed by atoms with Crippen molar-refractivity contribution in [3.05, 3.63) is 16.6 Å². The summed E-state index contributed by atoms with van der Waals surface area (Å²) in [4.78, 5) is 18.3. The quantitative estimate of drug-likeness (QED) is 0.883. The van der Waals surface area contributed by atoms with Crippen molar-refractivity contribution in [2.24, 2.45) is 0 Å². The van der Waals surface area contributed by atoms with Gasteiger partial charge in [-0.2, -0.15) is 0 Å². The fraction of sp³-hybridized carbons (Fsp3) is 0.692. The van der Waals surface area contributed by atoms with E-state index in [1.165, 1.54) is 0 Å². The van der Waals surface area contributed by atoms with Crippen molar-refractivity contribution in [3.8, 4) is 0 Å². The Labute approximate surface area is 118 Å². The molecule has 1 aromatic heterocycles. The van der Waals surface area contributed by atoms with Gasteiger partial charge >= 0.3 is 0 Å². The summed E-state index contributed by atoms with van der Waals surface area (Å²) in [6, 6.07) is 0. The van der Waals surface area contributed by atoms with E-state index >= 15 is 0 Å². The lowest BCUT2D eigenvalue weighted by molar-refractivity contribution is -0.134. The first-order valence-electron chi connectivity index (χ1n) is 6.66. The molecule has 0 bridgehead atoms. The third-order valence-corrected chi connectivity index (χ3v) is 4.64. The van der Waals surface area contributed by atoms with E-state index in [1.54, 1.807) is 17.5 Å². The van der Waals surface area contributed by atoms with Crippen molar-refractivity contribution in [2.45, 2.75) is 25.8 Å². The molecule has 0 spiro atoms. The maximum Gasteiger partial charge on any atom is 0.236 e. The Morgan fingerprint density at radius 1 is 1.58 bits per heavy atom. The van der Waals surface area contributed by atoms with E-state index in [4.69, 9.17) is 4.74 Å². The molecule has 1 aliphatic heterocycles. The number of nitrogens with zero attached hydrogens (tertiary/aromatic N) is 2. The molecule has 0 unspecified atom stereocenters. The number of morpholine rings is 1. The zero-order valence-corrected chi connectivity index (χ0v) is 12.3. The Balaban J connectivity index is 1.90. The van der Waals surface area contributed by atoms with E-state index in [0.717, 1.165) is 11.4 Å². The number of amides is 1. The van der Waals surface area contributed by atoms with Gasteiger partial charge in [0.2, 0.25) is 5.91 Å². The van der Waals surface area contributed by atoms with Gasteiger partial charge in [0.25, 0.3) is 0 Å². The SMILES string of the molecule is CC[C@](C)(NCC(=O)N1CCOCC1)c1nccs1. The van der Waals surface area contributed by atoms with Gasteiger partial charge in [0.15, 0.2) is 0 Å². The maximum atomic E-state index is 12.1. The summed E-state index contributed by atoms with van der Waals surface area (Å²) in [5, 5.41) is 6.36. The smallest absolute Gasteiger partial charge is 0.236 e. The molecule has 1 amide bonds. The highest BCUT2D eigenvalue weighted by Gasteiger charge is 2.28. The number of rotatable bonds is 5. The Morgan fingerprint density at radius 2 is 2.32 bits per heavy atom.